The molecule has 0 radical (unpaired) electrons. The molecule has 0 aromatic heterocycles. The van der Waals surface area contributed by atoms with Gasteiger partial charge in [0.05, 0.1) is 12.0 Å². The van der Waals surface area contributed by atoms with Crippen LogP contribution in [0.25, 0.3) is 0 Å². The van der Waals surface area contributed by atoms with Crippen LogP contribution in [0.1, 0.15) is 44.6 Å². The van der Waals surface area contributed by atoms with E-state index in [2.05, 4.69) is 11.8 Å². The SMILES string of the molecule is CC1CCN(CC(=O)N2[C@H]3CC[C@@H]2[C@](Cc2ccccc2)(C(=O)O)C3)CC1. The number of piperidine rings is 1. The Hall–Kier alpha value is -1.88. The summed E-state index contributed by atoms with van der Waals surface area (Å²) < 4.78 is 0. The van der Waals surface area contributed by atoms with Crippen molar-refractivity contribution in [3.8, 4) is 0 Å². The fourth-order valence-electron chi connectivity index (χ4n) is 5.51. The summed E-state index contributed by atoms with van der Waals surface area (Å²) >= 11 is 0. The van der Waals surface area contributed by atoms with Gasteiger partial charge in [0.2, 0.25) is 5.91 Å². The minimum Gasteiger partial charge on any atom is -0.481 e. The fourth-order valence-corrected chi connectivity index (χ4v) is 5.51. The lowest BCUT2D eigenvalue weighted by molar-refractivity contribution is -0.151. The van der Waals surface area contributed by atoms with Crippen LogP contribution < -0.4 is 0 Å². The highest BCUT2D eigenvalue weighted by Gasteiger charge is 2.61. The Balaban J connectivity index is 1.50. The van der Waals surface area contributed by atoms with E-state index in [0.29, 0.717) is 19.4 Å². The van der Waals surface area contributed by atoms with Gasteiger partial charge in [0.1, 0.15) is 0 Å². The molecule has 146 valence electrons. The van der Waals surface area contributed by atoms with Crippen LogP contribution in [-0.2, 0) is 16.0 Å². The van der Waals surface area contributed by atoms with Crippen molar-refractivity contribution in [1.29, 1.82) is 0 Å². The highest BCUT2D eigenvalue weighted by Crippen LogP contribution is 2.51. The van der Waals surface area contributed by atoms with Crippen LogP contribution in [0.3, 0.4) is 0 Å². The maximum Gasteiger partial charge on any atom is 0.312 e. The first kappa shape index (κ1) is 18.5. The van der Waals surface area contributed by atoms with Gasteiger partial charge in [-0.2, -0.15) is 0 Å². The molecule has 27 heavy (non-hydrogen) atoms. The van der Waals surface area contributed by atoms with E-state index < -0.39 is 11.4 Å². The number of rotatable bonds is 5. The zero-order valence-corrected chi connectivity index (χ0v) is 16.1. The van der Waals surface area contributed by atoms with E-state index >= 15 is 0 Å². The second-order valence-electron chi connectivity index (χ2n) is 8.83. The molecule has 0 aliphatic carbocycles. The van der Waals surface area contributed by atoms with E-state index in [-0.39, 0.29) is 18.0 Å². The van der Waals surface area contributed by atoms with Crippen LogP contribution in [0.4, 0.5) is 0 Å². The summed E-state index contributed by atoms with van der Waals surface area (Å²) in [5.74, 6) is 0.126. The zero-order chi connectivity index (χ0) is 19.0. The van der Waals surface area contributed by atoms with Crippen LogP contribution in [0.5, 0.6) is 0 Å². The molecule has 3 atom stereocenters. The second-order valence-corrected chi connectivity index (χ2v) is 8.83. The summed E-state index contributed by atoms with van der Waals surface area (Å²) in [6.07, 6.45) is 5.14. The Morgan fingerprint density at radius 3 is 2.48 bits per heavy atom. The number of benzene rings is 1. The fraction of sp³-hybridized carbons (Fsp3) is 0.636. The summed E-state index contributed by atoms with van der Waals surface area (Å²) in [5.41, 5.74) is 0.209. The van der Waals surface area contributed by atoms with Gasteiger partial charge in [0.25, 0.3) is 0 Å². The molecule has 4 rings (SSSR count). The number of amides is 1. The zero-order valence-electron chi connectivity index (χ0n) is 16.1. The molecule has 0 unspecified atom stereocenters. The molecule has 5 heteroatoms. The van der Waals surface area contributed by atoms with Gasteiger partial charge in [-0.05, 0) is 63.1 Å². The normalized spacial score (nSPS) is 31.4. The minimum atomic E-state index is -0.837. The molecule has 3 aliphatic rings. The number of carbonyl (C=O) groups excluding carboxylic acids is 1. The van der Waals surface area contributed by atoms with Crippen molar-refractivity contribution in [3.05, 3.63) is 35.9 Å². The van der Waals surface area contributed by atoms with Crippen molar-refractivity contribution >= 4 is 11.9 Å². The largest absolute Gasteiger partial charge is 0.481 e. The summed E-state index contributed by atoms with van der Waals surface area (Å²) in [7, 11) is 0. The number of aliphatic carboxylic acids is 1. The van der Waals surface area contributed by atoms with Crippen molar-refractivity contribution in [1.82, 2.24) is 9.80 Å². The molecular formula is C22H30N2O3. The van der Waals surface area contributed by atoms with Crippen LogP contribution >= 0.6 is 0 Å². The van der Waals surface area contributed by atoms with Gasteiger partial charge in [0.15, 0.2) is 0 Å². The van der Waals surface area contributed by atoms with Crippen molar-refractivity contribution in [2.75, 3.05) is 19.6 Å². The molecule has 0 saturated carbocycles. The number of fused-ring (bicyclic) bond motifs is 2. The van der Waals surface area contributed by atoms with E-state index in [0.717, 1.165) is 50.3 Å². The number of carbonyl (C=O) groups is 2. The molecule has 3 heterocycles. The van der Waals surface area contributed by atoms with Gasteiger partial charge in [-0.1, -0.05) is 37.3 Å². The molecule has 3 aliphatic heterocycles. The first-order valence-electron chi connectivity index (χ1n) is 10.3. The Kier molecular flexibility index (Phi) is 4.97. The molecule has 1 N–H and O–H groups in total. The predicted octanol–water partition coefficient (Wildman–Crippen LogP) is 2.80. The van der Waals surface area contributed by atoms with Gasteiger partial charge >= 0.3 is 5.97 Å². The van der Waals surface area contributed by atoms with E-state index in [4.69, 9.17) is 0 Å². The first-order chi connectivity index (χ1) is 13.0. The number of likely N-dealkylation sites (tertiary alicyclic amines) is 1. The van der Waals surface area contributed by atoms with Crippen molar-refractivity contribution in [2.45, 2.75) is 57.5 Å². The molecule has 2 bridgehead atoms. The maximum atomic E-state index is 13.1. The second kappa shape index (κ2) is 7.27. The summed E-state index contributed by atoms with van der Waals surface area (Å²) in [5, 5.41) is 10.1. The molecule has 3 saturated heterocycles. The predicted molar refractivity (Wildman–Crippen MR) is 103 cm³/mol. The topological polar surface area (TPSA) is 60.9 Å². The molecule has 5 nitrogen and oxygen atoms in total. The first-order valence-corrected chi connectivity index (χ1v) is 10.3. The number of carboxylic acid groups (broad SMARTS) is 1. The maximum absolute atomic E-state index is 13.1. The lowest BCUT2D eigenvalue weighted by atomic mass is 9.70. The van der Waals surface area contributed by atoms with E-state index in [1.54, 1.807) is 0 Å². The van der Waals surface area contributed by atoms with Crippen LogP contribution in [-0.4, -0.2) is 58.5 Å². The third kappa shape index (κ3) is 3.38. The Bertz CT molecular complexity index is 699. The summed E-state index contributed by atoms with van der Waals surface area (Å²) in [6.45, 7) is 4.67. The number of hydrogen-bond donors (Lipinski definition) is 1. The van der Waals surface area contributed by atoms with Crippen molar-refractivity contribution in [3.63, 3.8) is 0 Å². The molecule has 1 aromatic rings. The lowest BCUT2D eigenvalue weighted by Gasteiger charge is -2.35. The van der Waals surface area contributed by atoms with Crippen LogP contribution in [0.2, 0.25) is 0 Å². The van der Waals surface area contributed by atoms with Gasteiger partial charge in [0, 0.05) is 12.1 Å². The Morgan fingerprint density at radius 2 is 1.81 bits per heavy atom. The van der Waals surface area contributed by atoms with Gasteiger partial charge in [-0.25, -0.2) is 0 Å². The third-order valence-corrected chi connectivity index (χ3v) is 7.05. The average Bonchev–Trinajstić information content (AvgIpc) is 3.21. The summed E-state index contributed by atoms with van der Waals surface area (Å²) in [6, 6.07) is 9.78. The van der Waals surface area contributed by atoms with E-state index in [1.165, 1.54) is 0 Å². The lowest BCUT2D eigenvalue weighted by Crippen LogP contribution is -2.49. The number of hydrogen-bond acceptors (Lipinski definition) is 3. The molecular weight excluding hydrogens is 340 g/mol. The standard InChI is InChI=1S/C22H30N2O3/c1-16-9-11-23(12-10-16)15-20(25)24-18-7-8-19(24)22(14-18,21(26)27)13-17-5-3-2-4-6-17/h2-6,16,18-19H,7-15H2,1H3,(H,26,27)/t18-,19+,22+/m0/s1. The van der Waals surface area contributed by atoms with Crippen LogP contribution in [0.15, 0.2) is 30.3 Å². The van der Waals surface area contributed by atoms with Crippen LogP contribution in [0, 0.1) is 11.3 Å². The van der Waals surface area contributed by atoms with Gasteiger partial charge in [-0.3, -0.25) is 14.5 Å². The highest BCUT2D eigenvalue weighted by atomic mass is 16.4. The quantitative estimate of drug-likeness (QED) is 0.866. The molecule has 3 fully saturated rings. The Labute approximate surface area is 161 Å². The van der Waals surface area contributed by atoms with Crippen molar-refractivity contribution in [2.24, 2.45) is 11.3 Å². The summed E-state index contributed by atoms with van der Waals surface area (Å²) in [4.78, 5) is 29.7. The Morgan fingerprint density at radius 1 is 1.11 bits per heavy atom. The molecule has 1 aromatic carbocycles. The highest BCUT2D eigenvalue weighted by molar-refractivity contribution is 5.84. The van der Waals surface area contributed by atoms with E-state index in [9.17, 15) is 14.7 Å². The van der Waals surface area contributed by atoms with E-state index in [1.807, 2.05) is 35.2 Å². The van der Waals surface area contributed by atoms with Gasteiger partial charge < -0.3 is 10.0 Å². The van der Waals surface area contributed by atoms with Crippen molar-refractivity contribution < 1.29 is 14.7 Å². The number of carboxylic acids is 1. The van der Waals surface area contributed by atoms with Gasteiger partial charge in [-0.15, -0.1) is 0 Å². The molecule has 0 spiro atoms. The average molecular weight is 370 g/mol. The number of nitrogens with zero attached hydrogens (tertiary/aromatic N) is 2. The monoisotopic (exact) mass is 370 g/mol. The molecule has 1 amide bonds. The minimum absolute atomic E-state index is 0.0889. The third-order valence-electron chi connectivity index (χ3n) is 7.05. The smallest absolute Gasteiger partial charge is 0.312 e.